The van der Waals surface area contributed by atoms with Gasteiger partial charge in [0.05, 0.1) is 18.1 Å². The smallest absolute Gasteiger partial charge is 0.348 e. The molecule has 2 heterocycles. The summed E-state index contributed by atoms with van der Waals surface area (Å²) in [6, 6.07) is 3.22. The predicted octanol–water partition coefficient (Wildman–Crippen LogP) is 1.44. The second-order valence-corrected chi connectivity index (χ2v) is 5.08. The fraction of sp³-hybridized carbons (Fsp3) is 0.500. The van der Waals surface area contributed by atoms with E-state index in [0.717, 1.165) is 30.8 Å². The van der Waals surface area contributed by atoms with Crippen LogP contribution in [0.4, 0.5) is 0 Å². The van der Waals surface area contributed by atoms with Crippen molar-refractivity contribution in [3.05, 3.63) is 21.9 Å². The van der Waals surface area contributed by atoms with Crippen LogP contribution in [0.15, 0.2) is 12.1 Å². The molecular formula is C12H15NO4S. The molecule has 0 radical (unpaired) electrons. The first-order valence-corrected chi connectivity index (χ1v) is 6.60. The van der Waals surface area contributed by atoms with Crippen molar-refractivity contribution < 1.29 is 19.1 Å². The van der Waals surface area contributed by atoms with Gasteiger partial charge in [0.1, 0.15) is 4.88 Å². The van der Waals surface area contributed by atoms with Gasteiger partial charge in [0.2, 0.25) is 0 Å². The monoisotopic (exact) mass is 269 g/mol. The van der Waals surface area contributed by atoms with Crippen LogP contribution in [0.5, 0.6) is 0 Å². The van der Waals surface area contributed by atoms with Gasteiger partial charge in [-0.3, -0.25) is 4.79 Å². The summed E-state index contributed by atoms with van der Waals surface area (Å²) in [5.41, 5.74) is 0. The quantitative estimate of drug-likeness (QED) is 0.840. The summed E-state index contributed by atoms with van der Waals surface area (Å²) in [6.45, 7) is 1.29. The molecule has 1 aromatic rings. The first-order valence-electron chi connectivity index (χ1n) is 5.78. The van der Waals surface area contributed by atoms with Crippen molar-refractivity contribution in [1.29, 1.82) is 0 Å². The Labute approximate surface area is 109 Å². The number of carbonyl (C=O) groups is 2. The molecule has 98 valence electrons. The number of thiophene rings is 1. The van der Waals surface area contributed by atoms with Crippen LogP contribution in [0, 0.1) is 0 Å². The molecular weight excluding hydrogens is 254 g/mol. The van der Waals surface area contributed by atoms with Crippen LogP contribution in [0.25, 0.3) is 0 Å². The van der Waals surface area contributed by atoms with Crippen molar-refractivity contribution >= 4 is 23.2 Å². The van der Waals surface area contributed by atoms with E-state index in [2.05, 4.69) is 10.1 Å². The average molecular weight is 269 g/mol. The maximum absolute atomic E-state index is 11.8. The van der Waals surface area contributed by atoms with E-state index in [4.69, 9.17) is 4.74 Å². The minimum Gasteiger partial charge on any atom is -0.465 e. The number of amides is 1. The molecule has 0 unspecified atom stereocenters. The van der Waals surface area contributed by atoms with E-state index in [0.29, 0.717) is 16.3 Å². The molecule has 1 aliphatic heterocycles. The lowest BCUT2D eigenvalue weighted by atomic mass is 10.2. The lowest BCUT2D eigenvalue weighted by Crippen LogP contribution is -2.31. The molecule has 1 amide bonds. The number of rotatable bonds is 4. The van der Waals surface area contributed by atoms with E-state index in [9.17, 15) is 9.59 Å². The summed E-state index contributed by atoms with van der Waals surface area (Å²) in [5.74, 6) is -0.594. The highest BCUT2D eigenvalue weighted by Crippen LogP contribution is 2.17. The van der Waals surface area contributed by atoms with Gasteiger partial charge in [-0.05, 0) is 25.0 Å². The van der Waals surface area contributed by atoms with Gasteiger partial charge in [-0.15, -0.1) is 11.3 Å². The van der Waals surface area contributed by atoms with E-state index >= 15 is 0 Å². The Balaban J connectivity index is 1.88. The van der Waals surface area contributed by atoms with Gasteiger partial charge in [0, 0.05) is 13.2 Å². The van der Waals surface area contributed by atoms with Gasteiger partial charge in [-0.25, -0.2) is 4.79 Å². The van der Waals surface area contributed by atoms with Crippen LogP contribution >= 0.6 is 11.3 Å². The Bertz CT molecular complexity index is 437. The minimum atomic E-state index is -0.418. The molecule has 1 aromatic heterocycles. The number of hydrogen-bond donors (Lipinski definition) is 1. The van der Waals surface area contributed by atoms with E-state index < -0.39 is 5.97 Å². The normalized spacial score (nSPS) is 18.6. The van der Waals surface area contributed by atoms with Crippen molar-refractivity contribution in [2.75, 3.05) is 20.3 Å². The summed E-state index contributed by atoms with van der Waals surface area (Å²) < 4.78 is 10.0. The first kappa shape index (κ1) is 13.0. The Morgan fingerprint density at radius 3 is 2.94 bits per heavy atom. The van der Waals surface area contributed by atoms with Gasteiger partial charge < -0.3 is 14.8 Å². The maximum Gasteiger partial charge on any atom is 0.348 e. The number of methoxy groups -OCH3 is 1. The average Bonchev–Trinajstić information content (AvgIpc) is 3.05. The standard InChI is InChI=1S/C12H15NO4S/c1-16-12(15)10-5-4-9(18-10)11(14)13-7-8-3-2-6-17-8/h4-5,8H,2-3,6-7H2,1H3,(H,13,14)/t8-/m1/s1. The first-order chi connectivity index (χ1) is 8.70. The molecule has 6 heteroatoms. The molecule has 0 saturated carbocycles. The highest BCUT2D eigenvalue weighted by atomic mass is 32.1. The second-order valence-electron chi connectivity index (χ2n) is 4.00. The summed E-state index contributed by atoms with van der Waals surface area (Å²) in [4.78, 5) is 24.0. The lowest BCUT2D eigenvalue weighted by molar-refractivity contribution is 0.0606. The summed E-state index contributed by atoms with van der Waals surface area (Å²) in [7, 11) is 1.32. The van der Waals surface area contributed by atoms with Crippen LogP contribution in [-0.2, 0) is 9.47 Å². The van der Waals surface area contributed by atoms with Crippen LogP contribution in [0.1, 0.15) is 32.2 Å². The third-order valence-electron chi connectivity index (χ3n) is 2.73. The zero-order chi connectivity index (χ0) is 13.0. The van der Waals surface area contributed by atoms with Crippen LogP contribution in [0.3, 0.4) is 0 Å². The largest absolute Gasteiger partial charge is 0.465 e. The van der Waals surface area contributed by atoms with E-state index in [1.165, 1.54) is 7.11 Å². The third kappa shape index (κ3) is 3.08. The summed E-state index contributed by atoms with van der Waals surface area (Å²) >= 11 is 1.13. The molecule has 2 rings (SSSR count). The zero-order valence-corrected chi connectivity index (χ0v) is 10.9. The van der Waals surface area contributed by atoms with Crippen LogP contribution in [-0.4, -0.2) is 38.2 Å². The molecule has 1 saturated heterocycles. The van der Waals surface area contributed by atoms with Crippen LogP contribution < -0.4 is 5.32 Å². The lowest BCUT2D eigenvalue weighted by Gasteiger charge is -2.09. The molecule has 0 spiro atoms. The SMILES string of the molecule is COC(=O)c1ccc(C(=O)NC[C@H]2CCCO2)s1. The van der Waals surface area contributed by atoms with Crippen molar-refractivity contribution in [1.82, 2.24) is 5.32 Å². The Kier molecular flexibility index (Phi) is 4.33. The topological polar surface area (TPSA) is 64.6 Å². The van der Waals surface area contributed by atoms with Crippen molar-refractivity contribution in [3.63, 3.8) is 0 Å². The number of ether oxygens (including phenoxy) is 2. The summed E-state index contributed by atoms with van der Waals surface area (Å²) in [5, 5.41) is 2.81. The Morgan fingerprint density at radius 1 is 1.50 bits per heavy atom. The maximum atomic E-state index is 11.8. The fourth-order valence-electron chi connectivity index (χ4n) is 1.77. The van der Waals surface area contributed by atoms with Gasteiger partial charge >= 0.3 is 5.97 Å². The highest BCUT2D eigenvalue weighted by molar-refractivity contribution is 7.15. The van der Waals surface area contributed by atoms with Crippen molar-refractivity contribution in [3.8, 4) is 0 Å². The van der Waals surface area contributed by atoms with Crippen molar-refractivity contribution in [2.24, 2.45) is 0 Å². The Morgan fingerprint density at radius 2 is 2.28 bits per heavy atom. The predicted molar refractivity (Wildman–Crippen MR) is 67.0 cm³/mol. The number of esters is 1. The third-order valence-corrected chi connectivity index (χ3v) is 3.79. The van der Waals surface area contributed by atoms with E-state index in [1.807, 2.05) is 0 Å². The number of nitrogens with one attached hydrogen (secondary N) is 1. The second kappa shape index (κ2) is 5.97. The molecule has 5 nitrogen and oxygen atoms in total. The molecule has 1 aliphatic rings. The summed E-state index contributed by atoms with van der Waals surface area (Å²) in [6.07, 6.45) is 2.15. The molecule has 1 fully saturated rings. The zero-order valence-electron chi connectivity index (χ0n) is 10.1. The molecule has 0 bridgehead atoms. The molecule has 0 aromatic carbocycles. The Hall–Kier alpha value is -1.40. The molecule has 1 N–H and O–H groups in total. The number of hydrogen-bond acceptors (Lipinski definition) is 5. The minimum absolute atomic E-state index is 0.119. The molecule has 1 atom stereocenters. The van der Waals surface area contributed by atoms with Gasteiger partial charge in [0.25, 0.3) is 5.91 Å². The van der Waals surface area contributed by atoms with Gasteiger partial charge in [-0.2, -0.15) is 0 Å². The van der Waals surface area contributed by atoms with E-state index in [1.54, 1.807) is 12.1 Å². The van der Waals surface area contributed by atoms with E-state index in [-0.39, 0.29) is 12.0 Å². The molecule has 0 aliphatic carbocycles. The highest BCUT2D eigenvalue weighted by Gasteiger charge is 2.18. The number of carbonyl (C=O) groups excluding carboxylic acids is 2. The van der Waals surface area contributed by atoms with Gasteiger partial charge in [0.15, 0.2) is 0 Å². The fourth-order valence-corrected chi connectivity index (χ4v) is 2.61. The van der Waals surface area contributed by atoms with Gasteiger partial charge in [-0.1, -0.05) is 0 Å². The van der Waals surface area contributed by atoms with Crippen LogP contribution in [0.2, 0.25) is 0 Å². The van der Waals surface area contributed by atoms with Crippen molar-refractivity contribution in [2.45, 2.75) is 18.9 Å². The molecule has 18 heavy (non-hydrogen) atoms.